The lowest BCUT2D eigenvalue weighted by Crippen LogP contribution is -2.12. The summed E-state index contributed by atoms with van der Waals surface area (Å²) in [6.07, 6.45) is -0.254. The number of benzene rings is 3. The zero-order valence-corrected chi connectivity index (χ0v) is 18.4. The molecule has 174 valence electrons. The van der Waals surface area contributed by atoms with Gasteiger partial charge in [0.25, 0.3) is 0 Å². The van der Waals surface area contributed by atoms with Gasteiger partial charge in [0, 0.05) is 23.1 Å². The number of ether oxygens (including phenoxy) is 2. The molecule has 0 aliphatic rings. The van der Waals surface area contributed by atoms with Gasteiger partial charge in [0.1, 0.15) is 22.5 Å². The third kappa shape index (κ3) is 4.01. The lowest BCUT2D eigenvalue weighted by molar-refractivity contribution is -0.140. The van der Waals surface area contributed by atoms with Gasteiger partial charge < -0.3 is 29.2 Å². The maximum absolute atomic E-state index is 13.0. The van der Waals surface area contributed by atoms with Crippen molar-refractivity contribution in [1.29, 1.82) is 0 Å². The Morgan fingerprint density at radius 3 is 2.35 bits per heavy atom. The Bertz CT molecular complexity index is 1420. The minimum absolute atomic E-state index is 0.0427. The van der Waals surface area contributed by atoms with Crippen molar-refractivity contribution in [1.82, 2.24) is 0 Å². The Morgan fingerprint density at radius 1 is 0.941 bits per heavy atom. The third-order valence-electron chi connectivity index (χ3n) is 5.63. The van der Waals surface area contributed by atoms with E-state index >= 15 is 0 Å². The molecule has 0 fully saturated rings. The van der Waals surface area contributed by atoms with E-state index in [1.807, 2.05) is 0 Å². The van der Waals surface area contributed by atoms with Crippen LogP contribution in [0.25, 0.3) is 22.3 Å². The van der Waals surface area contributed by atoms with Gasteiger partial charge in [0.2, 0.25) is 5.75 Å². The van der Waals surface area contributed by atoms with Gasteiger partial charge in [-0.05, 0) is 17.7 Å². The van der Waals surface area contributed by atoms with Gasteiger partial charge in [-0.2, -0.15) is 0 Å². The first kappa shape index (κ1) is 22.7. The van der Waals surface area contributed by atoms with E-state index in [-0.39, 0.29) is 28.7 Å². The zero-order chi connectivity index (χ0) is 24.4. The number of phenolic OH excluding ortho intramolecular Hbond substituents is 3. The lowest BCUT2D eigenvalue weighted by atomic mass is 9.86. The van der Waals surface area contributed by atoms with Gasteiger partial charge in [-0.25, -0.2) is 0 Å². The molecule has 34 heavy (non-hydrogen) atoms. The van der Waals surface area contributed by atoms with E-state index in [0.29, 0.717) is 16.9 Å². The molecule has 3 aromatic carbocycles. The standard InChI is InChI=1S/C26H22O8/c1-32-16-10-6-9-15(11-16)17(12-20(28)33-2)21-23(29)25(31)24(30)22-18(27)13-19(34-26(21)22)14-7-4-3-5-8-14/h3-11,13,17,29-31H,12H2,1-2H3/t17-/m0/s1. The summed E-state index contributed by atoms with van der Waals surface area (Å²) in [4.78, 5) is 25.4. The van der Waals surface area contributed by atoms with Crippen LogP contribution in [0.3, 0.4) is 0 Å². The number of phenols is 3. The fourth-order valence-corrected chi connectivity index (χ4v) is 3.94. The largest absolute Gasteiger partial charge is 0.504 e. The Labute approximate surface area is 194 Å². The molecule has 0 radical (unpaired) electrons. The topological polar surface area (TPSA) is 126 Å². The number of hydrogen-bond acceptors (Lipinski definition) is 8. The van der Waals surface area contributed by atoms with E-state index in [1.54, 1.807) is 54.6 Å². The molecule has 0 aliphatic carbocycles. The molecule has 0 amide bonds. The molecule has 0 aliphatic heterocycles. The predicted molar refractivity (Wildman–Crippen MR) is 124 cm³/mol. The van der Waals surface area contributed by atoms with E-state index < -0.39 is 34.6 Å². The molecule has 1 aromatic heterocycles. The number of hydrogen-bond donors (Lipinski definition) is 3. The normalized spacial score (nSPS) is 11.8. The van der Waals surface area contributed by atoms with Crippen molar-refractivity contribution in [3.63, 3.8) is 0 Å². The van der Waals surface area contributed by atoms with Gasteiger partial charge in [0.05, 0.1) is 20.6 Å². The van der Waals surface area contributed by atoms with Gasteiger partial charge in [-0.1, -0.05) is 42.5 Å². The summed E-state index contributed by atoms with van der Waals surface area (Å²) in [7, 11) is 2.71. The molecule has 0 bridgehead atoms. The van der Waals surface area contributed by atoms with E-state index in [9.17, 15) is 24.9 Å². The summed E-state index contributed by atoms with van der Waals surface area (Å²) in [5, 5.41) is 31.5. The number of fused-ring (bicyclic) bond motifs is 1. The van der Waals surface area contributed by atoms with Crippen molar-refractivity contribution < 1.29 is 34.0 Å². The van der Waals surface area contributed by atoms with Crippen LogP contribution in [-0.4, -0.2) is 35.5 Å². The molecular formula is C26H22O8. The van der Waals surface area contributed by atoms with Crippen molar-refractivity contribution in [2.24, 2.45) is 0 Å². The van der Waals surface area contributed by atoms with Crippen molar-refractivity contribution in [2.75, 3.05) is 14.2 Å². The monoisotopic (exact) mass is 462 g/mol. The average Bonchev–Trinajstić information content (AvgIpc) is 2.86. The highest BCUT2D eigenvalue weighted by Crippen LogP contribution is 2.49. The molecule has 1 heterocycles. The second-order valence-electron chi connectivity index (χ2n) is 7.61. The first-order chi connectivity index (χ1) is 16.3. The Kier molecular flexibility index (Phi) is 6.14. The maximum Gasteiger partial charge on any atom is 0.306 e. The summed E-state index contributed by atoms with van der Waals surface area (Å²) in [6.45, 7) is 0. The van der Waals surface area contributed by atoms with Crippen LogP contribution in [0, 0.1) is 0 Å². The summed E-state index contributed by atoms with van der Waals surface area (Å²) in [6, 6.07) is 16.8. The smallest absolute Gasteiger partial charge is 0.306 e. The van der Waals surface area contributed by atoms with Crippen LogP contribution in [0.15, 0.2) is 69.9 Å². The quantitative estimate of drug-likeness (QED) is 0.286. The fraction of sp³-hybridized carbons (Fsp3) is 0.154. The molecule has 0 spiro atoms. The molecule has 4 aromatic rings. The molecule has 0 saturated heterocycles. The Morgan fingerprint density at radius 2 is 1.68 bits per heavy atom. The number of rotatable bonds is 6. The number of esters is 1. The van der Waals surface area contributed by atoms with E-state index in [0.717, 1.165) is 0 Å². The van der Waals surface area contributed by atoms with E-state index in [2.05, 4.69) is 0 Å². The number of aromatic hydroxyl groups is 3. The van der Waals surface area contributed by atoms with E-state index in [4.69, 9.17) is 13.9 Å². The maximum atomic E-state index is 13.0. The average molecular weight is 462 g/mol. The minimum Gasteiger partial charge on any atom is -0.504 e. The third-order valence-corrected chi connectivity index (χ3v) is 5.63. The molecule has 3 N–H and O–H groups in total. The summed E-state index contributed by atoms with van der Waals surface area (Å²) < 4.78 is 16.2. The van der Waals surface area contributed by atoms with Crippen molar-refractivity contribution in [3.8, 4) is 34.3 Å². The highest BCUT2D eigenvalue weighted by atomic mass is 16.5. The van der Waals surface area contributed by atoms with Crippen LogP contribution in [-0.2, 0) is 9.53 Å². The van der Waals surface area contributed by atoms with Crippen LogP contribution in [0.1, 0.15) is 23.5 Å². The number of methoxy groups -OCH3 is 2. The van der Waals surface area contributed by atoms with Crippen LogP contribution >= 0.6 is 0 Å². The molecule has 4 rings (SSSR count). The highest BCUT2D eigenvalue weighted by Gasteiger charge is 2.31. The Balaban J connectivity index is 2.09. The zero-order valence-electron chi connectivity index (χ0n) is 18.4. The van der Waals surface area contributed by atoms with Crippen molar-refractivity contribution in [2.45, 2.75) is 12.3 Å². The highest BCUT2D eigenvalue weighted by molar-refractivity contribution is 5.93. The second kappa shape index (κ2) is 9.19. The molecule has 0 unspecified atom stereocenters. The summed E-state index contributed by atoms with van der Waals surface area (Å²) >= 11 is 0. The van der Waals surface area contributed by atoms with Gasteiger partial charge >= 0.3 is 5.97 Å². The van der Waals surface area contributed by atoms with Gasteiger partial charge in [-0.3, -0.25) is 9.59 Å². The summed E-state index contributed by atoms with van der Waals surface area (Å²) in [5.41, 5.74) is 0.288. The van der Waals surface area contributed by atoms with Crippen LogP contribution in [0.4, 0.5) is 0 Å². The second-order valence-corrected chi connectivity index (χ2v) is 7.61. The molecule has 1 atom stereocenters. The van der Waals surface area contributed by atoms with Crippen LogP contribution in [0.5, 0.6) is 23.0 Å². The number of carbonyl (C=O) groups is 1. The molecule has 0 saturated carbocycles. The van der Waals surface area contributed by atoms with Crippen molar-refractivity contribution >= 4 is 16.9 Å². The van der Waals surface area contributed by atoms with Crippen LogP contribution < -0.4 is 10.2 Å². The first-order valence-electron chi connectivity index (χ1n) is 10.4. The predicted octanol–water partition coefficient (Wildman–Crippen LogP) is 4.28. The fourth-order valence-electron chi connectivity index (χ4n) is 3.94. The summed E-state index contributed by atoms with van der Waals surface area (Å²) in [5.74, 6) is -3.25. The molecular weight excluding hydrogens is 440 g/mol. The van der Waals surface area contributed by atoms with Crippen LogP contribution in [0.2, 0.25) is 0 Å². The molecule has 8 heteroatoms. The Hall–Kier alpha value is -4.46. The lowest BCUT2D eigenvalue weighted by Gasteiger charge is -2.21. The van der Waals surface area contributed by atoms with Gasteiger partial charge in [-0.15, -0.1) is 0 Å². The van der Waals surface area contributed by atoms with Gasteiger partial charge in [0.15, 0.2) is 16.9 Å². The van der Waals surface area contributed by atoms with E-state index in [1.165, 1.54) is 20.3 Å². The van der Waals surface area contributed by atoms with Crippen molar-refractivity contribution in [3.05, 3.63) is 82.0 Å². The number of carbonyl (C=O) groups excluding carboxylic acids is 1. The SMILES string of the molecule is COC(=O)C[C@@H](c1cccc(OC)c1)c1c(O)c(O)c(O)c2c(=O)cc(-c3ccccc3)oc12. The first-order valence-corrected chi connectivity index (χ1v) is 10.4. The molecule has 8 nitrogen and oxygen atoms in total. The minimum atomic E-state index is -0.911.